The Morgan fingerprint density at radius 3 is 3.00 bits per heavy atom. The molecule has 4 heteroatoms. The molecule has 0 bridgehead atoms. The van der Waals surface area contributed by atoms with Crippen LogP contribution < -0.4 is 10.2 Å². The minimum atomic E-state index is -0.228. The molecule has 2 rings (SSSR count). The topological polar surface area (TPSA) is 32.3 Å². The van der Waals surface area contributed by atoms with E-state index in [1.807, 2.05) is 7.05 Å². The molecule has 1 aromatic carbocycles. The van der Waals surface area contributed by atoms with Crippen LogP contribution in [0.15, 0.2) is 18.2 Å². The van der Waals surface area contributed by atoms with Gasteiger partial charge >= 0.3 is 0 Å². The molecule has 1 aliphatic rings. The molecule has 0 spiro atoms. The second-order valence-corrected chi connectivity index (χ2v) is 4.28. The van der Waals surface area contributed by atoms with Gasteiger partial charge in [0.25, 0.3) is 0 Å². The minimum Gasteiger partial charge on any atom is -0.320 e. The average molecular weight is 236 g/mol. The van der Waals surface area contributed by atoms with Crippen LogP contribution >= 0.6 is 0 Å². The number of carbonyl (C=O) groups excluding carboxylic acids is 1. The number of amides is 1. The fourth-order valence-corrected chi connectivity index (χ4v) is 2.19. The number of hydrogen-bond donors (Lipinski definition) is 1. The van der Waals surface area contributed by atoms with Crippen LogP contribution in [0.5, 0.6) is 0 Å². The smallest absolute Gasteiger partial charge is 0.227 e. The van der Waals surface area contributed by atoms with Gasteiger partial charge in [0.05, 0.1) is 0 Å². The van der Waals surface area contributed by atoms with Gasteiger partial charge < -0.3 is 10.2 Å². The standard InChI is InChI=1S/C13H17FN2O/c1-15-7-2-8-16-12-5-4-11(14)9-10(12)3-6-13(16)17/h4-5,9,15H,2-3,6-8H2,1H3. The highest BCUT2D eigenvalue weighted by molar-refractivity contribution is 5.96. The zero-order valence-electron chi connectivity index (χ0n) is 10.0. The number of fused-ring (bicyclic) bond motifs is 1. The molecule has 0 aliphatic carbocycles. The van der Waals surface area contributed by atoms with Crippen LogP contribution in [0.2, 0.25) is 0 Å². The number of anilines is 1. The lowest BCUT2D eigenvalue weighted by Crippen LogP contribution is -2.36. The number of hydrogen-bond acceptors (Lipinski definition) is 2. The van der Waals surface area contributed by atoms with Gasteiger partial charge in [-0.15, -0.1) is 0 Å². The van der Waals surface area contributed by atoms with Crippen molar-refractivity contribution in [3.63, 3.8) is 0 Å². The highest BCUT2D eigenvalue weighted by Crippen LogP contribution is 2.28. The molecule has 3 nitrogen and oxygen atoms in total. The quantitative estimate of drug-likeness (QED) is 0.807. The van der Waals surface area contributed by atoms with Gasteiger partial charge in [0, 0.05) is 18.7 Å². The molecule has 0 aromatic heterocycles. The van der Waals surface area contributed by atoms with Crippen molar-refractivity contribution in [1.29, 1.82) is 0 Å². The fourth-order valence-electron chi connectivity index (χ4n) is 2.19. The van der Waals surface area contributed by atoms with Crippen molar-refractivity contribution in [1.82, 2.24) is 5.32 Å². The van der Waals surface area contributed by atoms with Gasteiger partial charge in [0.15, 0.2) is 0 Å². The first-order chi connectivity index (χ1) is 8.22. The molecule has 0 unspecified atom stereocenters. The Balaban J connectivity index is 2.18. The second-order valence-electron chi connectivity index (χ2n) is 4.28. The van der Waals surface area contributed by atoms with E-state index in [0.29, 0.717) is 19.4 Å². The monoisotopic (exact) mass is 236 g/mol. The third-order valence-corrected chi connectivity index (χ3v) is 3.05. The van der Waals surface area contributed by atoms with Crippen molar-refractivity contribution < 1.29 is 9.18 Å². The summed E-state index contributed by atoms with van der Waals surface area (Å²) in [6.45, 7) is 1.57. The van der Waals surface area contributed by atoms with Crippen molar-refractivity contribution in [2.75, 3.05) is 25.0 Å². The van der Waals surface area contributed by atoms with Gasteiger partial charge in [-0.2, -0.15) is 0 Å². The fraction of sp³-hybridized carbons (Fsp3) is 0.462. The lowest BCUT2D eigenvalue weighted by atomic mass is 10.0. The van der Waals surface area contributed by atoms with Crippen molar-refractivity contribution in [3.8, 4) is 0 Å². The van der Waals surface area contributed by atoms with Crippen LogP contribution in [-0.2, 0) is 11.2 Å². The highest BCUT2D eigenvalue weighted by Gasteiger charge is 2.23. The Morgan fingerprint density at radius 1 is 1.41 bits per heavy atom. The molecule has 1 heterocycles. The van der Waals surface area contributed by atoms with E-state index in [9.17, 15) is 9.18 Å². The van der Waals surface area contributed by atoms with Gasteiger partial charge in [0.2, 0.25) is 5.91 Å². The zero-order chi connectivity index (χ0) is 12.3. The van der Waals surface area contributed by atoms with E-state index in [-0.39, 0.29) is 11.7 Å². The van der Waals surface area contributed by atoms with Gasteiger partial charge in [-0.3, -0.25) is 4.79 Å². The zero-order valence-corrected chi connectivity index (χ0v) is 10.0. The van der Waals surface area contributed by atoms with Crippen molar-refractivity contribution in [3.05, 3.63) is 29.6 Å². The second kappa shape index (κ2) is 5.27. The predicted octanol–water partition coefficient (Wildman–Crippen LogP) is 1.71. The molecule has 0 radical (unpaired) electrons. The summed E-state index contributed by atoms with van der Waals surface area (Å²) in [6.07, 6.45) is 2.03. The van der Waals surface area contributed by atoms with Crippen molar-refractivity contribution >= 4 is 11.6 Å². The van der Waals surface area contributed by atoms with E-state index in [1.165, 1.54) is 12.1 Å². The summed E-state index contributed by atoms with van der Waals surface area (Å²) < 4.78 is 13.1. The lowest BCUT2D eigenvalue weighted by molar-refractivity contribution is -0.118. The summed E-state index contributed by atoms with van der Waals surface area (Å²) in [5, 5.41) is 3.06. The summed E-state index contributed by atoms with van der Waals surface area (Å²) >= 11 is 0. The Labute approximate surface area is 101 Å². The van der Waals surface area contributed by atoms with Gasteiger partial charge in [-0.05, 0) is 50.2 Å². The van der Waals surface area contributed by atoms with Crippen LogP contribution in [-0.4, -0.2) is 26.0 Å². The average Bonchev–Trinajstić information content (AvgIpc) is 2.32. The number of rotatable bonds is 4. The summed E-state index contributed by atoms with van der Waals surface area (Å²) in [6, 6.07) is 4.66. The molecule has 1 aromatic rings. The molecular weight excluding hydrogens is 219 g/mol. The van der Waals surface area contributed by atoms with E-state index >= 15 is 0 Å². The van der Waals surface area contributed by atoms with Crippen LogP contribution in [0.25, 0.3) is 0 Å². The first-order valence-electron chi connectivity index (χ1n) is 5.96. The summed E-state index contributed by atoms with van der Waals surface area (Å²) in [4.78, 5) is 13.6. The molecular formula is C13H17FN2O. The maximum Gasteiger partial charge on any atom is 0.227 e. The van der Waals surface area contributed by atoms with E-state index < -0.39 is 0 Å². The minimum absolute atomic E-state index is 0.139. The maximum atomic E-state index is 13.1. The summed E-state index contributed by atoms with van der Waals surface area (Å²) in [7, 11) is 1.89. The molecule has 0 saturated carbocycles. The summed E-state index contributed by atoms with van der Waals surface area (Å²) in [5.74, 6) is -0.0894. The van der Waals surface area contributed by atoms with Crippen LogP contribution in [0.1, 0.15) is 18.4 Å². The Morgan fingerprint density at radius 2 is 2.24 bits per heavy atom. The SMILES string of the molecule is CNCCCN1C(=O)CCc2cc(F)ccc21. The molecule has 1 amide bonds. The first-order valence-corrected chi connectivity index (χ1v) is 5.96. The van der Waals surface area contributed by atoms with Gasteiger partial charge in [-0.25, -0.2) is 4.39 Å². The van der Waals surface area contributed by atoms with Crippen LogP contribution in [0.4, 0.5) is 10.1 Å². The normalized spacial score (nSPS) is 14.9. The number of benzene rings is 1. The predicted molar refractivity (Wildman–Crippen MR) is 65.6 cm³/mol. The third kappa shape index (κ3) is 2.64. The molecule has 92 valence electrons. The molecule has 17 heavy (non-hydrogen) atoms. The summed E-state index contributed by atoms with van der Waals surface area (Å²) in [5.41, 5.74) is 1.81. The number of halogens is 1. The Bertz CT molecular complexity index is 420. The Hall–Kier alpha value is -1.42. The van der Waals surface area contributed by atoms with Gasteiger partial charge in [-0.1, -0.05) is 0 Å². The van der Waals surface area contributed by atoms with Crippen molar-refractivity contribution in [2.45, 2.75) is 19.3 Å². The maximum absolute atomic E-state index is 13.1. The highest BCUT2D eigenvalue weighted by atomic mass is 19.1. The number of nitrogens with zero attached hydrogens (tertiary/aromatic N) is 1. The molecule has 1 aliphatic heterocycles. The first kappa shape index (κ1) is 12.0. The van der Waals surface area contributed by atoms with Gasteiger partial charge in [0.1, 0.15) is 5.82 Å². The molecule has 1 N–H and O–H groups in total. The van der Waals surface area contributed by atoms with E-state index in [1.54, 1.807) is 11.0 Å². The Kier molecular flexibility index (Phi) is 3.74. The largest absolute Gasteiger partial charge is 0.320 e. The van der Waals surface area contributed by atoms with Crippen LogP contribution in [0, 0.1) is 5.82 Å². The van der Waals surface area contributed by atoms with E-state index in [2.05, 4.69) is 5.32 Å². The van der Waals surface area contributed by atoms with Crippen molar-refractivity contribution in [2.24, 2.45) is 0 Å². The number of carbonyl (C=O) groups is 1. The van der Waals surface area contributed by atoms with Crippen LogP contribution in [0.3, 0.4) is 0 Å². The lowest BCUT2D eigenvalue weighted by Gasteiger charge is -2.29. The molecule has 0 fully saturated rings. The number of aryl methyl sites for hydroxylation is 1. The molecule has 0 saturated heterocycles. The number of nitrogens with one attached hydrogen (secondary N) is 1. The van der Waals surface area contributed by atoms with E-state index in [4.69, 9.17) is 0 Å². The third-order valence-electron chi connectivity index (χ3n) is 3.05. The molecule has 0 atom stereocenters. The van der Waals surface area contributed by atoms with E-state index in [0.717, 1.165) is 24.2 Å².